The second-order valence-corrected chi connectivity index (χ2v) is 5.63. The van der Waals surface area contributed by atoms with E-state index in [1.807, 2.05) is 0 Å². The summed E-state index contributed by atoms with van der Waals surface area (Å²) < 4.78 is 28.3. The minimum absolute atomic E-state index is 0.0120. The van der Waals surface area contributed by atoms with Gasteiger partial charge in [0, 0.05) is 0 Å². The molecular formula is C6H7AsN3O3+. The van der Waals surface area contributed by atoms with Gasteiger partial charge >= 0.3 is 76.0 Å². The third kappa shape index (κ3) is 2.64. The normalized spacial score (nSPS) is 10.6. The first kappa shape index (κ1) is 9.89. The first-order valence-electron chi connectivity index (χ1n) is 3.27. The van der Waals surface area contributed by atoms with Gasteiger partial charge in [-0.1, -0.05) is 0 Å². The van der Waals surface area contributed by atoms with Crippen molar-refractivity contribution in [2.45, 2.75) is 0 Å². The van der Waals surface area contributed by atoms with Gasteiger partial charge in [-0.2, -0.15) is 0 Å². The van der Waals surface area contributed by atoms with Crippen LogP contribution in [-0.4, -0.2) is 22.4 Å². The van der Waals surface area contributed by atoms with Gasteiger partial charge in [-0.15, -0.1) is 0 Å². The van der Waals surface area contributed by atoms with Gasteiger partial charge in [0.05, 0.1) is 0 Å². The molecule has 0 aromatic heterocycles. The van der Waals surface area contributed by atoms with Crippen molar-refractivity contribution in [1.29, 1.82) is 5.53 Å². The fourth-order valence-corrected chi connectivity index (χ4v) is 1.90. The molecule has 3 N–H and O–H groups in total. The third-order valence-electron chi connectivity index (χ3n) is 1.35. The van der Waals surface area contributed by atoms with Gasteiger partial charge in [-0.25, -0.2) is 0 Å². The first-order valence-corrected chi connectivity index (χ1v) is 6.66. The van der Waals surface area contributed by atoms with E-state index in [-0.39, 0.29) is 4.35 Å². The number of nitrogens with one attached hydrogen (secondary N) is 1. The Morgan fingerprint density at radius 2 is 1.85 bits per heavy atom. The molecule has 7 heteroatoms. The van der Waals surface area contributed by atoms with Crippen molar-refractivity contribution >= 4 is 24.2 Å². The Bertz CT molecular complexity index is 390. The van der Waals surface area contributed by atoms with Crippen molar-refractivity contribution < 1.29 is 11.9 Å². The Hall–Kier alpha value is -1.19. The van der Waals surface area contributed by atoms with Crippen LogP contribution in [0.25, 0.3) is 0 Å². The van der Waals surface area contributed by atoms with Crippen molar-refractivity contribution in [3.8, 4) is 0 Å². The van der Waals surface area contributed by atoms with E-state index in [2.05, 4.69) is 10.0 Å². The molecule has 0 saturated heterocycles. The first-order chi connectivity index (χ1) is 6.04. The van der Waals surface area contributed by atoms with Crippen LogP contribution in [0.15, 0.2) is 29.4 Å². The van der Waals surface area contributed by atoms with Crippen LogP contribution in [-0.2, 0) is 3.74 Å². The van der Waals surface area contributed by atoms with E-state index in [9.17, 15) is 3.74 Å². The number of nitrogens with zero attached hydrogens (tertiary/aromatic N) is 2. The summed E-state index contributed by atoms with van der Waals surface area (Å²) >= 11 is -4.77. The van der Waals surface area contributed by atoms with E-state index in [1.165, 1.54) is 24.3 Å². The predicted molar refractivity (Wildman–Crippen MR) is 43.9 cm³/mol. The molecule has 0 aliphatic rings. The standard InChI is InChI=1S/C6H6AsN3O3/c8-10-9-6-3-1-5(2-4-6)7(11,12)13/h1-4,8H,(H-,11,12,13)/p+1. The van der Waals surface area contributed by atoms with E-state index in [0.717, 1.165) is 0 Å². The van der Waals surface area contributed by atoms with Gasteiger partial charge < -0.3 is 0 Å². The average Bonchev–Trinajstić information content (AvgIpc) is 2.04. The maximum absolute atomic E-state index is 10.8. The van der Waals surface area contributed by atoms with E-state index < -0.39 is 14.2 Å². The second kappa shape index (κ2) is 3.68. The zero-order valence-electron chi connectivity index (χ0n) is 6.45. The van der Waals surface area contributed by atoms with Crippen LogP contribution in [0.2, 0.25) is 0 Å². The number of rotatable bonds is 2. The Balaban J connectivity index is 3.07. The SMILES string of the molecule is N=[N+]=Nc1ccc([As](=O)(O)O)cc1. The van der Waals surface area contributed by atoms with E-state index in [4.69, 9.17) is 13.7 Å². The van der Waals surface area contributed by atoms with Gasteiger partial charge in [0.15, 0.2) is 0 Å². The minimum atomic E-state index is -4.77. The zero-order chi connectivity index (χ0) is 9.90. The Labute approximate surface area is 76.4 Å². The molecule has 0 spiro atoms. The van der Waals surface area contributed by atoms with Gasteiger partial charge in [0.1, 0.15) is 0 Å². The molecule has 0 bridgehead atoms. The summed E-state index contributed by atoms with van der Waals surface area (Å²) in [7, 11) is 0. The van der Waals surface area contributed by atoms with Gasteiger partial charge in [0.2, 0.25) is 0 Å². The summed E-state index contributed by atoms with van der Waals surface area (Å²) in [5.41, 5.74) is 6.82. The summed E-state index contributed by atoms with van der Waals surface area (Å²) in [6, 6.07) is 5.36. The molecule has 1 aromatic rings. The predicted octanol–water partition coefficient (Wildman–Crippen LogP) is -0.571. The van der Waals surface area contributed by atoms with E-state index in [0.29, 0.717) is 5.69 Å². The topological polar surface area (TPSA) is 108 Å². The van der Waals surface area contributed by atoms with Gasteiger partial charge in [0.25, 0.3) is 0 Å². The summed E-state index contributed by atoms with van der Waals surface area (Å²) in [6.45, 7) is 0. The van der Waals surface area contributed by atoms with E-state index >= 15 is 0 Å². The summed E-state index contributed by atoms with van der Waals surface area (Å²) in [5, 5.41) is 3.38. The molecule has 68 valence electrons. The quantitative estimate of drug-likeness (QED) is 0.368. The van der Waals surface area contributed by atoms with Crippen LogP contribution < -0.4 is 9.26 Å². The monoisotopic (exact) mass is 244 g/mol. The second-order valence-electron chi connectivity index (χ2n) is 2.26. The van der Waals surface area contributed by atoms with Crippen molar-refractivity contribution in [2.75, 3.05) is 0 Å². The van der Waals surface area contributed by atoms with Crippen LogP contribution in [0.3, 0.4) is 0 Å². The fraction of sp³-hybridized carbons (Fsp3) is 0. The number of benzene rings is 1. The van der Waals surface area contributed by atoms with E-state index in [1.54, 1.807) is 0 Å². The van der Waals surface area contributed by atoms with Crippen LogP contribution >= 0.6 is 0 Å². The molecular weight excluding hydrogens is 237 g/mol. The van der Waals surface area contributed by atoms with Crippen LogP contribution in [0.4, 0.5) is 5.69 Å². The fourth-order valence-electron chi connectivity index (χ4n) is 0.771. The molecule has 1 aromatic carbocycles. The molecule has 0 atom stereocenters. The maximum atomic E-state index is 10.8. The molecule has 6 nitrogen and oxygen atoms in total. The Morgan fingerprint density at radius 3 is 2.23 bits per heavy atom. The summed E-state index contributed by atoms with van der Waals surface area (Å²) in [5.74, 6) is 0. The molecule has 0 amide bonds. The summed E-state index contributed by atoms with van der Waals surface area (Å²) in [6.07, 6.45) is 0. The third-order valence-corrected chi connectivity index (χ3v) is 3.39. The molecule has 0 unspecified atom stereocenters. The number of hydrogen-bond donors (Lipinski definition) is 3. The van der Waals surface area contributed by atoms with Crippen molar-refractivity contribution in [3.63, 3.8) is 0 Å². The van der Waals surface area contributed by atoms with Crippen molar-refractivity contribution in [2.24, 2.45) is 5.11 Å². The van der Waals surface area contributed by atoms with Crippen molar-refractivity contribution in [3.05, 3.63) is 24.3 Å². The van der Waals surface area contributed by atoms with Gasteiger partial charge in [-0.05, 0) is 0 Å². The Morgan fingerprint density at radius 1 is 1.31 bits per heavy atom. The molecule has 0 radical (unpaired) electrons. The molecule has 0 saturated carbocycles. The molecule has 13 heavy (non-hydrogen) atoms. The Kier molecular flexibility index (Phi) is 2.80. The average molecular weight is 244 g/mol. The molecule has 1 rings (SSSR count). The van der Waals surface area contributed by atoms with Gasteiger partial charge in [-0.3, -0.25) is 0 Å². The van der Waals surface area contributed by atoms with Crippen LogP contribution in [0.5, 0.6) is 0 Å². The molecule has 0 heterocycles. The summed E-state index contributed by atoms with van der Waals surface area (Å²) in [4.78, 5) is 2.78. The number of hydrogen-bond acceptors (Lipinski definition) is 3. The van der Waals surface area contributed by atoms with Crippen LogP contribution in [0, 0.1) is 5.53 Å². The molecule has 0 fully saturated rings. The zero-order valence-corrected chi connectivity index (χ0v) is 8.33. The molecule has 0 aliphatic carbocycles. The van der Waals surface area contributed by atoms with Crippen molar-refractivity contribution in [1.82, 2.24) is 4.91 Å². The van der Waals surface area contributed by atoms with Crippen LogP contribution in [0.1, 0.15) is 0 Å². The molecule has 0 aliphatic heterocycles.